The Balaban J connectivity index is 2.14. The molecule has 0 heterocycles. The zero-order chi connectivity index (χ0) is 13.7. The van der Waals surface area contributed by atoms with Crippen molar-refractivity contribution in [1.82, 2.24) is 0 Å². The minimum atomic E-state index is 0.746. The SMILES string of the molecule is CC(C)CCCOc1ccc2ccccc2c1CBr. The van der Waals surface area contributed by atoms with Gasteiger partial charge in [-0.1, -0.05) is 60.1 Å². The van der Waals surface area contributed by atoms with Crippen LogP contribution in [0.3, 0.4) is 0 Å². The molecule has 0 amide bonds. The van der Waals surface area contributed by atoms with Crippen molar-refractivity contribution >= 4 is 26.7 Å². The summed E-state index contributed by atoms with van der Waals surface area (Å²) in [5.41, 5.74) is 1.25. The molecule has 0 saturated heterocycles. The third-order valence-electron chi connectivity index (χ3n) is 3.31. The highest BCUT2D eigenvalue weighted by molar-refractivity contribution is 9.08. The van der Waals surface area contributed by atoms with Gasteiger partial charge in [-0.15, -0.1) is 0 Å². The van der Waals surface area contributed by atoms with Crippen molar-refractivity contribution in [1.29, 1.82) is 0 Å². The van der Waals surface area contributed by atoms with Crippen LogP contribution < -0.4 is 4.74 Å². The van der Waals surface area contributed by atoms with Crippen LogP contribution in [-0.4, -0.2) is 6.61 Å². The summed E-state index contributed by atoms with van der Waals surface area (Å²) >= 11 is 3.58. The van der Waals surface area contributed by atoms with Crippen molar-refractivity contribution in [3.05, 3.63) is 42.0 Å². The predicted octanol–water partition coefficient (Wildman–Crippen LogP) is 5.55. The van der Waals surface area contributed by atoms with Crippen molar-refractivity contribution in [3.8, 4) is 5.75 Å². The number of ether oxygens (including phenoxy) is 1. The number of benzene rings is 2. The Morgan fingerprint density at radius 2 is 1.89 bits per heavy atom. The minimum absolute atomic E-state index is 0.746. The Morgan fingerprint density at radius 3 is 2.63 bits per heavy atom. The maximum absolute atomic E-state index is 5.96. The molecule has 0 aliphatic heterocycles. The largest absolute Gasteiger partial charge is 0.493 e. The highest BCUT2D eigenvalue weighted by Gasteiger charge is 2.07. The average molecular weight is 321 g/mol. The first-order chi connectivity index (χ1) is 9.22. The lowest BCUT2D eigenvalue weighted by molar-refractivity contribution is 0.296. The topological polar surface area (TPSA) is 9.23 Å². The van der Waals surface area contributed by atoms with Gasteiger partial charge in [-0.05, 0) is 35.6 Å². The molecular weight excluding hydrogens is 300 g/mol. The van der Waals surface area contributed by atoms with Gasteiger partial charge in [0.15, 0.2) is 0 Å². The van der Waals surface area contributed by atoms with Crippen molar-refractivity contribution in [3.63, 3.8) is 0 Å². The number of hydrogen-bond donors (Lipinski definition) is 0. The zero-order valence-corrected chi connectivity index (χ0v) is 13.2. The van der Waals surface area contributed by atoms with Gasteiger partial charge in [0.05, 0.1) is 6.61 Å². The molecule has 1 nitrogen and oxygen atoms in total. The first-order valence-corrected chi connectivity index (χ1v) is 8.04. The van der Waals surface area contributed by atoms with E-state index in [1.165, 1.54) is 22.8 Å². The summed E-state index contributed by atoms with van der Waals surface area (Å²) in [6.45, 7) is 5.30. The van der Waals surface area contributed by atoms with Crippen LogP contribution in [0.4, 0.5) is 0 Å². The molecule has 0 N–H and O–H groups in total. The number of halogens is 1. The number of alkyl halides is 1. The highest BCUT2D eigenvalue weighted by atomic mass is 79.9. The van der Waals surface area contributed by atoms with E-state index in [1.807, 2.05) is 0 Å². The van der Waals surface area contributed by atoms with E-state index in [2.05, 4.69) is 66.2 Å². The van der Waals surface area contributed by atoms with Gasteiger partial charge in [-0.3, -0.25) is 0 Å². The van der Waals surface area contributed by atoms with E-state index in [4.69, 9.17) is 4.74 Å². The van der Waals surface area contributed by atoms with Gasteiger partial charge in [0.25, 0.3) is 0 Å². The molecule has 0 unspecified atom stereocenters. The molecule has 0 saturated carbocycles. The summed E-state index contributed by atoms with van der Waals surface area (Å²) in [7, 11) is 0. The molecule has 0 radical (unpaired) electrons. The van der Waals surface area contributed by atoms with E-state index < -0.39 is 0 Å². The van der Waals surface area contributed by atoms with E-state index in [-0.39, 0.29) is 0 Å². The summed E-state index contributed by atoms with van der Waals surface area (Å²) in [5.74, 6) is 1.76. The summed E-state index contributed by atoms with van der Waals surface area (Å²) in [4.78, 5) is 0. The van der Waals surface area contributed by atoms with Gasteiger partial charge < -0.3 is 4.74 Å². The Morgan fingerprint density at radius 1 is 1.11 bits per heavy atom. The summed E-state index contributed by atoms with van der Waals surface area (Å²) in [5, 5.41) is 3.38. The lowest BCUT2D eigenvalue weighted by Crippen LogP contribution is -2.01. The second kappa shape index (κ2) is 6.95. The lowest BCUT2D eigenvalue weighted by atomic mass is 10.0. The second-order valence-electron chi connectivity index (χ2n) is 5.28. The molecule has 0 spiro atoms. The molecule has 0 atom stereocenters. The smallest absolute Gasteiger partial charge is 0.123 e. The van der Waals surface area contributed by atoms with Crippen LogP contribution in [0.15, 0.2) is 36.4 Å². The van der Waals surface area contributed by atoms with Crippen LogP contribution in [0.1, 0.15) is 32.3 Å². The maximum Gasteiger partial charge on any atom is 0.123 e. The molecule has 0 aromatic heterocycles. The summed E-state index contributed by atoms with van der Waals surface area (Å²) in [6.07, 6.45) is 2.34. The van der Waals surface area contributed by atoms with E-state index >= 15 is 0 Å². The molecule has 2 heteroatoms. The standard InChI is InChI=1S/C17H21BrO/c1-13(2)6-5-11-19-17-10-9-14-7-3-4-8-15(14)16(17)12-18/h3-4,7-10,13H,5-6,11-12H2,1-2H3. The van der Waals surface area contributed by atoms with Crippen molar-refractivity contribution in [2.45, 2.75) is 32.0 Å². The van der Waals surface area contributed by atoms with Crippen LogP contribution in [-0.2, 0) is 5.33 Å². The monoisotopic (exact) mass is 320 g/mol. The summed E-state index contributed by atoms with van der Waals surface area (Å²) in [6, 6.07) is 12.7. The Bertz CT molecular complexity index is 534. The number of hydrogen-bond acceptors (Lipinski definition) is 1. The summed E-state index contributed by atoms with van der Waals surface area (Å²) < 4.78 is 5.96. The van der Waals surface area contributed by atoms with Gasteiger partial charge in [-0.2, -0.15) is 0 Å². The molecule has 19 heavy (non-hydrogen) atoms. The first-order valence-electron chi connectivity index (χ1n) is 6.91. The molecule has 102 valence electrons. The highest BCUT2D eigenvalue weighted by Crippen LogP contribution is 2.30. The van der Waals surface area contributed by atoms with Crippen molar-refractivity contribution in [2.75, 3.05) is 6.61 Å². The minimum Gasteiger partial charge on any atom is -0.493 e. The van der Waals surface area contributed by atoms with E-state index in [0.29, 0.717) is 0 Å². The average Bonchev–Trinajstić information content (AvgIpc) is 2.42. The lowest BCUT2D eigenvalue weighted by Gasteiger charge is -2.13. The molecular formula is C17H21BrO. The van der Waals surface area contributed by atoms with E-state index in [9.17, 15) is 0 Å². The van der Waals surface area contributed by atoms with Gasteiger partial charge >= 0.3 is 0 Å². The third-order valence-corrected chi connectivity index (χ3v) is 3.88. The van der Waals surface area contributed by atoms with Crippen molar-refractivity contribution < 1.29 is 4.74 Å². The molecule has 2 aromatic rings. The Kier molecular flexibility index (Phi) is 5.26. The maximum atomic E-state index is 5.96. The predicted molar refractivity (Wildman–Crippen MR) is 86.1 cm³/mol. The Hall–Kier alpha value is -1.02. The van der Waals surface area contributed by atoms with Crippen LogP contribution >= 0.6 is 15.9 Å². The normalized spacial score (nSPS) is 11.2. The fourth-order valence-electron chi connectivity index (χ4n) is 2.26. The molecule has 0 fully saturated rings. The zero-order valence-electron chi connectivity index (χ0n) is 11.7. The molecule has 2 rings (SSSR count). The van der Waals surface area contributed by atoms with E-state index in [0.717, 1.165) is 30.0 Å². The number of rotatable bonds is 6. The fraction of sp³-hybridized carbons (Fsp3) is 0.412. The Labute approximate surface area is 124 Å². The van der Waals surface area contributed by atoms with Gasteiger partial charge in [0, 0.05) is 10.9 Å². The molecule has 0 aliphatic carbocycles. The van der Waals surface area contributed by atoms with Crippen LogP contribution in [0.2, 0.25) is 0 Å². The number of fused-ring (bicyclic) bond motifs is 1. The third kappa shape index (κ3) is 3.73. The van der Waals surface area contributed by atoms with Gasteiger partial charge in [0.1, 0.15) is 5.75 Å². The van der Waals surface area contributed by atoms with E-state index in [1.54, 1.807) is 0 Å². The quantitative estimate of drug-likeness (QED) is 0.501. The second-order valence-corrected chi connectivity index (χ2v) is 5.84. The van der Waals surface area contributed by atoms with Crippen molar-refractivity contribution in [2.24, 2.45) is 5.92 Å². The molecule has 0 bridgehead atoms. The first kappa shape index (κ1) is 14.4. The van der Waals surface area contributed by atoms with Crippen LogP contribution in [0.5, 0.6) is 5.75 Å². The van der Waals surface area contributed by atoms with Gasteiger partial charge in [0.2, 0.25) is 0 Å². The van der Waals surface area contributed by atoms with Gasteiger partial charge in [-0.25, -0.2) is 0 Å². The fourth-order valence-corrected chi connectivity index (χ4v) is 2.84. The molecule has 2 aromatic carbocycles. The van der Waals surface area contributed by atoms with Crippen LogP contribution in [0, 0.1) is 5.92 Å². The van der Waals surface area contributed by atoms with Crippen LogP contribution in [0.25, 0.3) is 10.8 Å². The molecule has 0 aliphatic rings.